The summed E-state index contributed by atoms with van der Waals surface area (Å²) in [6.07, 6.45) is 0. The predicted octanol–water partition coefficient (Wildman–Crippen LogP) is 3.24. The van der Waals surface area contributed by atoms with Gasteiger partial charge >= 0.3 is 0 Å². The number of aromatic nitrogens is 3. The van der Waals surface area contributed by atoms with Gasteiger partial charge in [0.1, 0.15) is 5.82 Å². The molecule has 1 N–H and O–H groups in total. The molecule has 5 nitrogen and oxygen atoms in total. The van der Waals surface area contributed by atoms with Crippen molar-refractivity contribution in [2.24, 2.45) is 7.05 Å². The molecule has 0 aliphatic heterocycles. The number of amides is 1. The molecule has 2 heterocycles. The number of rotatable bonds is 6. The molecular weight excluding hydrogens is 347 g/mol. The van der Waals surface area contributed by atoms with Gasteiger partial charge in [0.15, 0.2) is 11.0 Å². The Hall–Kier alpha value is -2.19. The number of nitrogens with one attached hydrogen (secondary N) is 1. The van der Waals surface area contributed by atoms with E-state index in [0.717, 1.165) is 10.7 Å². The third-order valence-corrected chi connectivity index (χ3v) is 5.32. The van der Waals surface area contributed by atoms with Crippen molar-refractivity contribution in [1.82, 2.24) is 20.1 Å². The van der Waals surface area contributed by atoms with Crippen LogP contribution in [0.15, 0.2) is 46.9 Å². The van der Waals surface area contributed by atoms with Gasteiger partial charge in [-0.3, -0.25) is 4.79 Å². The lowest BCUT2D eigenvalue weighted by Crippen LogP contribution is -2.23. The van der Waals surface area contributed by atoms with E-state index in [-0.39, 0.29) is 11.7 Å². The van der Waals surface area contributed by atoms with Crippen LogP contribution in [-0.4, -0.2) is 20.7 Å². The van der Waals surface area contributed by atoms with E-state index in [1.54, 1.807) is 18.2 Å². The molecule has 2 aromatic heterocycles. The van der Waals surface area contributed by atoms with Crippen LogP contribution in [0, 0.1) is 5.82 Å². The van der Waals surface area contributed by atoms with Gasteiger partial charge in [0.25, 0.3) is 5.91 Å². The molecule has 8 heteroatoms. The van der Waals surface area contributed by atoms with Crippen molar-refractivity contribution in [3.63, 3.8) is 0 Å². The van der Waals surface area contributed by atoms with Crippen molar-refractivity contribution < 1.29 is 9.18 Å². The van der Waals surface area contributed by atoms with Crippen molar-refractivity contribution in [2.75, 3.05) is 0 Å². The standard InChI is InChI=1S/C16H15FN4OS2/c1-21-14(9-18-15(22)13-3-2-8-23-13)19-20-16(21)24-10-11-4-6-12(17)7-5-11/h2-8H,9-10H2,1H3,(H,18,22). The van der Waals surface area contributed by atoms with E-state index in [1.807, 2.05) is 23.1 Å². The minimum Gasteiger partial charge on any atom is -0.344 e. The van der Waals surface area contributed by atoms with Crippen LogP contribution in [0.3, 0.4) is 0 Å². The fraction of sp³-hybridized carbons (Fsp3) is 0.188. The van der Waals surface area contributed by atoms with Crippen molar-refractivity contribution in [3.05, 3.63) is 63.9 Å². The van der Waals surface area contributed by atoms with Gasteiger partial charge in [-0.1, -0.05) is 30.0 Å². The van der Waals surface area contributed by atoms with E-state index in [1.165, 1.54) is 35.2 Å². The highest BCUT2D eigenvalue weighted by atomic mass is 32.2. The molecule has 0 fully saturated rings. The van der Waals surface area contributed by atoms with Crippen LogP contribution in [0.4, 0.5) is 4.39 Å². The summed E-state index contributed by atoms with van der Waals surface area (Å²) >= 11 is 2.91. The number of nitrogens with zero attached hydrogens (tertiary/aromatic N) is 3. The van der Waals surface area contributed by atoms with Crippen LogP contribution >= 0.6 is 23.1 Å². The average molecular weight is 362 g/mol. The maximum absolute atomic E-state index is 12.9. The number of benzene rings is 1. The maximum Gasteiger partial charge on any atom is 0.261 e. The Labute approximate surface area is 146 Å². The lowest BCUT2D eigenvalue weighted by Gasteiger charge is -2.05. The van der Waals surface area contributed by atoms with Crippen LogP contribution in [0.2, 0.25) is 0 Å². The highest BCUT2D eigenvalue weighted by Gasteiger charge is 2.12. The lowest BCUT2D eigenvalue weighted by atomic mass is 10.2. The Morgan fingerprint density at radius 2 is 2.08 bits per heavy atom. The highest BCUT2D eigenvalue weighted by molar-refractivity contribution is 7.98. The lowest BCUT2D eigenvalue weighted by molar-refractivity contribution is 0.0953. The SMILES string of the molecule is Cn1c(CNC(=O)c2cccs2)nnc1SCc1ccc(F)cc1. The number of thioether (sulfide) groups is 1. The summed E-state index contributed by atoms with van der Waals surface area (Å²) in [5.74, 6) is 0.995. The number of carbonyl (C=O) groups excluding carboxylic acids is 1. The monoisotopic (exact) mass is 362 g/mol. The zero-order chi connectivity index (χ0) is 16.9. The van der Waals surface area contributed by atoms with Gasteiger partial charge in [-0.05, 0) is 29.1 Å². The second kappa shape index (κ2) is 7.59. The van der Waals surface area contributed by atoms with Crippen LogP contribution in [0.5, 0.6) is 0 Å². The molecule has 1 aromatic carbocycles. The molecular formula is C16H15FN4OS2. The van der Waals surface area contributed by atoms with Crippen molar-refractivity contribution in [1.29, 1.82) is 0 Å². The van der Waals surface area contributed by atoms with Gasteiger partial charge < -0.3 is 9.88 Å². The number of halogens is 1. The molecule has 24 heavy (non-hydrogen) atoms. The van der Waals surface area contributed by atoms with Crippen LogP contribution < -0.4 is 5.32 Å². The van der Waals surface area contributed by atoms with Gasteiger partial charge in [-0.2, -0.15) is 0 Å². The summed E-state index contributed by atoms with van der Waals surface area (Å²) in [6.45, 7) is 0.317. The number of hydrogen-bond donors (Lipinski definition) is 1. The summed E-state index contributed by atoms with van der Waals surface area (Å²) in [4.78, 5) is 12.6. The van der Waals surface area contributed by atoms with E-state index < -0.39 is 0 Å². The molecule has 0 saturated carbocycles. The highest BCUT2D eigenvalue weighted by Crippen LogP contribution is 2.21. The Bertz CT molecular complexity index is 815. The van der Waals surface area contributed by atoms with E-state index in [9.17, 15) is 9.18 Å². The summed E-state index contributed by atoms with van der Waals surface area (Å²) in [7, 11) is 1.86. The van der Waals surface area contributed by atoms with Gasteiger partial charge in [-0.25, -0.2) is 4.39 Å². The first-order valence-corrected chi connectivity index (χ1v) is 9.07. The molecule has 3 rings (SSSR count). The predicted molar refractivity (Wildman–Crippen MR) is 92.5 cm³/mol. The zero-order valence-electron chi connectivity index (χ0n) is 12.9. The van der Waals surface area contributed by atoms with E-state index in [2.05, 4.69) is 15.5 Å². The van der Waals surface area contributed by atoms with Gasteiger partial charge in [0.2, 0.25) is 0 Å². The van der Waals surface area contributed by atoms with E-state index >= 15 is 0 Å². The van der Waals surface area contributed by atoms with Gasteiger partial charge in [0.05, 0.1) is 11.4 Å². The van der Waals surface area contributed by atoms with Crippen LogP contribution in [0.25, 0.3) is 0 Å². The summed E-state index contributed by atoms with van der Waals surface area (Å²) in [6, 6.07) is 10.0. The molecule has 0 radical (unpaired) electrons. The fourth-order valence-corrected chi connectivity index (χ4v) is 3.53. The molecule has 0 aliphatic carbocycles. The third-order valence-electron chi connectivity index (χ3n) is 3.36. The molecule has 0 aliphatic rings. The normalized spacial score (nSPS) is 10.8. The smallest absolute Gasteiger partial charge is 0.261 e. The minimum atomic E-state index is -0.244. The first-order chi connectivity index (χ1) is 11.6. The minimum absolute atomic E-state index is 0.117. The topological polar surface area (TPSA) is 59.8 Å². The second-order valence-electron chi connectivity index (χ2n) is 5.03. The third kappa shape index (κ3) is 4.01. The summed E-state index contributed by atoms with van der Waals surface area (Å²) in [5, 5.41) is 13.7. The van der Waals surface area contributed by atoms with Gasteiger partial charge in [0, 0.05) is 12.8 Å². The maximum atomic E-state index is 12.9. The van der Waals surface area contributed by atoms with Crippen molar-refractivity contribution in [2.45, 2.75) is 17.5 Å². The summed E-state index contributed by atoms with van der Waals surface area (Å²) in [5.41, 5.74) is 1.01. The van der Waals surface area contributed by atoms with Crippen LogP contribution in [0.1, 0.15) is 21.1 Å². The Morgan fingerprint density at radius 1 is 1.29 bits per heavy atom. The second-order valence-corrected chi connectivity index (χ2v) is 6.92. The molecule has 1 amide bonds. The Balaban J connectivity index is 1.57. The number of thiophene rings is 1. The Kier molecular flexibility index (Phi) is 5.27. The van der Waals surface area contributed by atoms with Gasteiger partial charge in [-0.15, -0.1) is 21.5 Å². The quantitative estimate of drug-likeness (QED) is 0.684. The Morgan fingerprint density at radius 3 is 2.79 bits per heavy atom. The molecule has 0 unspecified atom stereocenters. The molecule has 0 saturated heterocycles. The summed E-state index contributed by atoms with van der Waals surface area (Å²) < 4.78 is 14.8. The largest absolute Gasteiger partial charge is 0.344 e. The van der Waals surface area contributed by atoms with Crippen molar-refractivity contribution in [3.8, 4) is 0 Å². The molecule has 0 spiro atoms. The number of carbonyl (C=O) groups is 1. The fourth-order valence-electron chi connectivity index (χ4n) is 2.01. The van der Waals surface area contributed by atoms with Crippen LogP contribution in [-0.2, 0) is 19.3 Å². The number of hydrogen-bond acceptors (Lipinski definition) is 5. The van der Waals surface area contributed by atoms with E-state index in [4.69, 9.17) is 0 Å². The average Bonchev–Trinajstić information content (AvgIpc) is 3.23. The zero-order valence-corrected chi connectivity index (χ0v) is 14.5. The van der Waals surface area contributed by atoms with E-state index in [0.29, 0.717) is 23.0 Å². The molecule has 124 valence electrons. The molecule has 0 bridgehead atoms. The molecule has 3 aromatic rings. The molecule has 0 atom stereocenters. The van der Waals surface area contributed by atoms with Crippen molar-refractivity contribution >= 4 is 29.0 Å². The first-order valence-electron chi connectivity index (χ1n) is 7.20. The first kappa shape index (κ1) is 16.7.